The van der Waals surface area contributed by atoms with Crippen molar-refractivity contribution in [2.75, 3.05) is 32.9 Å². The van der Waals surface area contributed by atoms with E-state index in [0.29, 0.717) is 13.0 Å². The molecule has 0 bridgehead atoms. The van der Waals surface area contributed by atoms with Gasteiger partial charge in [-0.15, -0.1) is 0 Å². The molecule has 3 nitrogen and oxygen atoms in total. The van der Waals surface area contributed by atoms with Gasteiger partial charge in [-0.1, -0.05) is 0 Å². The van der Waals surface area contributed by atoms with Gasteiger partial charge in [0.15, 0.2) is 0 Å². The lowest BCUT2D eigenvalue weighted by Gasteiger charge is -2.22. The Morgan fingerprint density at radius 3 is 2.75 bits per heavy atom. The summed E-state index contributed by atoms with van der Waals surface area (Å²) in [5.41, 5.74) is 0. The number of aliphatic hydroxyl groups is 1. The summed E-state index contributed by atoms with van der Waals surface area (Å²) in [5.74, 6) is 0. The minimum absolute atomic E-state index is 0.119. The first-order valence-corrected chi connectivity index (χ1v) is 5.52. The Morgan fingerprint density at radius 2 is 2.12 bits per heavy atom. The van der Waals surface area contributed by atoms with Crippen molar-refractivity contribution in [2.24, 2.45) is 0 Å². The van der Waals surface area contributed by atoms with E-state index in [1.807, 2.05) is 0 Å². The van der Waals surface area contributed by atoms with Gasteiger partial charge in [-0.05, 0) is 25.8 Å². The molecule has 0 unspecified atom stereocenters. The summed E-state index contributed by atoms with van der Waals surface area (Å²) >= 11 is 0. The van der Waals surface area contributed by atoms with Crippen molar-refractivity contribution < 1.29 is 23.0 Å². The van der Waals surface area contributed by atoms with Crippen LogP contribution in [0.4, 0.5) is 13.2 Å². The van der Waals surface area contributed by atoms with Crippen molar-refractivity contribution in [2.45, 2.75) is 31.5 Å². The van der Waals surface area contributed by atoms with Gasteiger partial charge in [0.25, 0.3) is 0 Å². The van der Waals surface area contributed by atoms with Crippen molar-refractivity contribution >= 4 is 0 Å². The molecule has 0 aromatic carbocycles. The zero-order valence-corrected chi connectivity index (χ0v) is 9.17. The highest BCUT2D eigenvalue weighted by molar-refractivity contribution is 4.77. The average Bonchev–Trinajstić information content (AvgIpc) is 2.63. The van der Waals surface area contributed by atoms with E-state index < -0.39 is 12.8 Å². The zero-order valence-electron chi connectivity index (χ0n) is 9.17. The Bertz CT molecular complexity index is 199. The number of hydrogen-bond donors (Lipinski definition) is 1. The minimum Gasteiger partial charge on any atom is -0.395 e. The summed E-state index contributed by atoms with van der Waals surface area (Å²) < 4.78 is 39.7. The molecule has 0 aliphatic carbocycles. The number of rotatable bonds is 6. The van der Waals surface area contributed by atoms with Crippen LogP contribution >= 0.6 is 0 Å². The van der Waals surface area contributed by atoms with Crippen molar-refractivity contribution in [3.8, 4) is 0 Å². The maximum absolute atomic E-state index is 11.7. The molecule has 1 saturated heterocycles. The van der Waals surface area contributed by atoms with Crippen LogP contribution in [0.1, 0.15) is 19.3 Å². The smallest absolute Gasteiger partial charge is 0.395 e. The fourth-order valence-corrected chi connectivity index (χ4v) is 1.95. The van der Waals surface area contributed by atoms with E-state index in [9.17, 15) is 13.2 Å². The number of aliphatic hydroxyl groups excluding tert-OH is 1. The lowest BCUT2D eigenvalue weighted by atomic mass is 10.2. The molecule has 0 spiro atoms. The molecule has 1 N–H and O–H groups in total. The molecule has 1 aliphatic heterocycles. The van der Waals surface area contributed by atoms with E-state index in [1.54, 1.807) is 0 Å². The molecule has 16 heavy (non-hydrogen) atoms. The van der Waals surface area contributed by atoms with Gasteiger partial charge in [0.2, 0.25) is 0 Å². The lowest BCUT2D eigenvalue weighted by molar-refractivity contribution is -0.174. The predicted molar refractivity (Wildman–Crippen MR) is 53.2 cm³/mol. The lowest BCUT2D eigenvalue weighted by Crippen LogP contribution is -2.33. The first-order chi connectivity index (χ1) is 7.53. The maximum Gasteiger partial charge on any atom is 0.411 e. The third kappa shape index (κ3) is 5.14. The van der Waals surface area contributed by atoms with Gasteiger partial charge in [0, 0.05) is 19.2 Å². The Hall–Kier alpha value is -0.330. The van der Waals surface area contributed by atoms with Crippen LogP contribution in [0.15, 0.2) is 0 Å². The number of nitrogens with zero attached hydrogens (tertiary/aromatic N) is 1. The van der Waals surface area contributed by atoms with Gasteiger partial charge >= 0.3 is 6.18 Å². The van der Waals surface area contributed by atoms with Gasteiger partial charge in [-0.3, -0.25) is 4.90 Å². The molecule has 0 aromatic heterocycles. The van der Waals surface area contributed by atoms with Crippen LogP contribution in [-0.4, -0.2) is 55.1 Å². The summed E-state index contributed by atoms with van der Waals surface area (Å²) in [6.07, 6.45) is -1.64. The monoisotopic (exact) mass is 241 g/mol. The molecule has 1 aliphatic rings. The maximum atomic E-state index is 11.7. The van der Waals surface area contributed by atoms with E-state index in [2.05, 4.69) is 9.64 Å². The van der Waals surface area contributed by atoms with Crippen molar-refractivity contribution in [1.82, 2.24) is 4.90 Å². The van der Waals surface area contributed by atoms with Crippen molar-refractivity contribution in [3.63, 3.8) is 0 Å². The molecule has 1 fully saturated rings. The summed E-state index contributed by atoms with van der Waals surface area (Å²) in [7, 11) is 0. The normalized spacial score (nSPS) is 22.9. The van der Waals surface area contributed by atoms with Crippen LogP contribution in [0.5, 0.6) is 0 Å². The van der Waals surface area contributed by atoms with E-state index >= 15 is 0 Å². The molecule has 96 valence electrons. The van der Waals surface area contributed by atoms with Crippen LogP contribution in [-0.2, 0) is 4.74 Å². The second-order valence-corrected chi connectivity index (χ2v) is 4.04. The molecule has 0 amide bonds. The molecule has 1 heterocycles. The Kier molecular flexibility index (Phi) is 5.51. The van der Waals surface area contributed by atoms with Gasteiger partial charge < -0.3 is 9.84 Å². The van der Waals surface area contributed by atoms with Gasteiger partial charge in [-0.25, -0.2) is 0 Å². The Labute approximate surface area is 93.2 Å². The second-order valence-electron chi connectivity index (χ2n) is 4.04. The van der Waals surface area contributed by atoms with Crippen LogP contribution < -0.4 is 0 Å². The molecule has 1 rings (SSSR count). The van der Waals surface area contributed by atoms with Crippen LogP contribution in [0.3, 0.4) is 0 Å². The summed E-state index contributed by atoms with van der Waals surface area (Å²) in [5, 5.41) is 9.02. The van der Waals surface area contributed by atoms with Crippen molar-refractivity contribution in [1.29, 1.82) is 0 Å². The molecule has 6 heteroatoms. The number of likely N-dealkylation sites (tertiary alicyclic amines) is 1. The second kappa shape index (κ2) is 6.42. The fraction of sp³-hybridized carbons (Fsp3) is 1.00. The predicted octanol–water partition coefficient (Wildman–Crippen LogP) is 1.41. The summed E-state index contributed by atoms with van der Waals surface area (Å²) in [6, 6.07) is 0.183. The topological polar surface area (TPSA) is 32.7 Å². The van der Waals surface area contributed by atoms with Crippen LogP contribution in [0.2, 0.25) is 0 Å². The molecular weight excluding hydrogens is 223 g/mol. The molecular formula is C10H18F3NO2. The third-order valence-corrected chi connectivity index (χ3v) is 2.71. The first kappa shape index (κ1) is 13.7. The van der Waals surface area contributed by atoms with Crippen molar-refractivity contribution in [3.05, 3.63) is 0 Å². The van der Waals surface area contributed by atoms with E-state index in [4.69, 9.17) is 5.11 Å². The van der Waals surface area contributed by atoms with E-state index in [1.165, 1.54) is 0 Å². The highest BCUT2D eigenvalue weighted by Crippen LogP contribution is 2.17. The van der Waals surface area contributed by atoms with E-state index in [-0.39, 0.29) is 19.3 Å². The number of halogens is 3. The average molecular weight is 241 g/mol. The molecule has 0 aromatic rings. The van der Waals surface area contributed by atoms with E-state index in [0.717, 1.165) is 19.4 Å². The van der Waals surface area contributed by atoms with Crippen LogP contribution in [0.25, 0.3) is 0 Å². The van der Waals surface area contributed by atoms with Crippen LogP contribution in [0, 0.1) is 0 Å². The fourth-order valence-electron chi connectivity index (χ4n) is 1.95. The minimum atomic E-state index is -4.23. The summed E-state index contributed by atoms with van der Waals surface area (Å²) in [6.45, 7) is 0.696. The SMILES string of the molecule is OC[C@H]1CCCN1CCCOCC(F)(F)F. The largest absolute Gasteiger partial charge is 0.411 e. The Balaban J connectivity index is 2.03. The summed E-state index contributed by atoms with van der Waals surface area (Å²) in [4.78, 5) is 2.11. The molecule has 0 saturated carbocycles. The molecule has 0 radical (unpaired) electrons. The van der Waals surface area contributed by atoms with Gasteiger partial charge in [-0.2, -0.15) is 13.2 Å². The first-order valence-electron chi connectivity index (χ1n) is 5.52. The van der Waals surface area contributed by atoms with Gasteiger partial charge in [0.1, 0.15) is 6.61 Å². The number of alkyl halides is 3. The Morgan fingerprint density at radius 1 is 1.38 bits per heavy atom. The zero-order chi connectivity index (χ0) is 12.0. The quantitative estimate of drug-likeness (QED) is 0.714. The number of ether oxygens (including phenoxy) is 1. The number of hydrogen-bond acceptors (Lipinski definition) is 3. The molecule has 1 atom stereocenters. The van der Waals surface area contributed by atoms with Gasteiger partial charge in [0.05, 0.1) is 6.61 Å². The highest BCUT2D eigenvalue weighted by atomic mass is 19.4. The highest BCUT2D eigenvalue weighted by Gasteiger charge is 2.27. The third-order valence-electron chi connectivity index (χ3n) is 2.71. The standard InChI is InChI=1S/C10H18F3NO2/c11-10(12,13)8-16-6-2-5-14-4-1-3-9(14)7-15/h9,15H,1-8H2/t9-/m1/s1.